The lowest BCUT2D eigenvalue weighted by atomic mass is 10.1. The number of sulfone groups is 2. The summed E-state index contributed by atoms with van der Waals surface area (Å²) in [6, 6.07) is 10.6. The van der Waals surface area contributed by atoms with E-state index in [1.165, 1.54) is 19.1 Å². The van der Waals surface area contributed by atoms with E-state index in [4.69, 9.17) is 33.5 Å². The number of phenols is 1. The summed E-state index contributed by atoms with van der Waals surface area (Å²) >= 11 is 12.0. The summed E-state index contributed by atoms with van der Waals surface area (Å²) < 4.78 is 227. The van der Waals surface area contributed by atoms with Gasteiger partial charge in [0.25, 0.3) is 40.5 Å². The van der Waals surface area contributed by atoms with Crippen LogP contribution in [0.4, 0.5) is 51.7 Å². The third-order valence-electron chi connectivity index (χ3n) is 11.0. The molecular formula is C40H39Cl2N11O22S7. The number of anilines is 6. The van der Waals surface area contributed by atoms with Gasteiger partial charge in [0.05, 0.1) is 27.4 Å². The second-order valence-corrected chi connectivity index (χ2v) is 29.0. The van der Waals surface area contributed by atoms with Gasteiger partial charge in [-0.3, -0.25) is 32.5 Å². The van der Waals surface area contributed by atoms with Crippen molar-refractivity contribution in [1.29, 1.82) is 0 Å². The molecule has 3 atom stereocenters. The van der Waals surface area contributed by atoms with Gasteiger partial charge in [0.15, 0.2) is 21.0 Å². The molecule has 5 aromatic carbocycles. The third kappa shape index (κ3) is 14.7. The molecule has 42 heteroatoms. The van der Waals surface area contributed by atoms with Gasteiger partial charge in [0.2, 0.25) is 33.4 Å². The van der Waals surface area contributed by atoms with Crippen molar-refractivity contribution in [3.8, 4) is 5.75 Å². The predicted octanol–water partition coefficient (Wildman–Crippen LogP) is 5.78. The van der Waals surface area contributed by atoms with Crippen LogP contribution >= 0.6 is 23.2 Å². The third-order valence-corrected chi connectivity index (χ3v) is 20.3. The minimum absolute atomic E-state index is 0.100. The van der Waals surface area contributed by atoms with Crippen LogP contribution in [0.5, 0.6) is 5.75 Å². The average molecular weight is 1320 g/mol. The Morgan fingerprint density at radius 3 is 1.72 bits per heavy atom. The normalized spacial score (nSPS) is 14.2. The lowest BCUT2D eigenvalue weighted by Gasteiger charge is -2.28. The van der Waals surface area contributed by atoms with Crippen LogP contribution in [0.15, 0.2) is 118 Å². The van der Waals surface area contributed by atoms with Crippen molar-refractivity contribution < 1.29 is 95.8 Å². The van der Waals surface area contributed by atoms with E-state index in [1.54, 1.807) is 0 Å². The molecule has 0 saturated carbocycles. The zero-order chi connectivity index (χ0) is 61.5. The van der Waals surface area contributed by atoms with E-state index in [1.807, 2.05) is 0 Å². The highest BCUT2D eigenvalue weighted by atomic mass is 35.5. The predicted molar refractivity (Wildman–Crippen MR) is 289 cm³/mol. The molecule has 0 fully saturated rings. The second kappa shape index (κ2) is 23.8. The monoisotopic (exact) mass is 1320 g/mol. The molecular weight excluding hydrogens is 1280 g/mol. The van der Waals surface area contributed by atoms with Crippen molar-refractivity contribution in [2.24, 2.45) is 20.5 Å². The van der Waals surface area contributed by atoms with Crippen LogP contribution in [0.3, 0.4) is 0 Å². The number of alkyl halides is 1. The van der Waals surface area contributed by atoms with Crippen LogP contribution in [-0.4, -0.2) is 124 Å². The Hall–Kier alpha value is -6.77. The Bertz CT molecular complexity index is 4470. The van der Waals surface area contributed by atoms with Gasteiger partial charge in [-0.25, -0.2) is 21.0 Å². The number of nitrogens with one attached hydrogen (secondary N) is 2. The Labute approximate surface area is 475 Å². The number of nitrogen functional groups attached to an aromatic ring is 1. The molecule has 0 spiro atoms. The van der Waals surface area contributed by atoms with Crippen molar-refractivity contribution >= 4 is 163 Å². The molecule has 0 bridgehead atoms. The maximum Gasteiger partial charge on any atom is 0.398 e. The first-order valence-electron chi connectivity index (χ1n) is 21.8. The minimum Gasteiger partial charge on any atom is -0.505 e. The summed E-state index contributed by atoms with van der Waals surface area (Å²) in [5.74, 6) is -2.08. The van der Waals surface area contributed by atoms with Crippen molar-refractivity contribution in [3.63, 3.8) is 0 Å². The minimum atomic E-state index is -5.58. The second-order valence-electron chi connectivity index (χ2n) is 16.5. The highest BCUT2D eigenvalue weighted by molar-refractivity contribution is 7.94. The number of azo groups is 2. The largest absolute Gasteiger partial charge is 0.505 e. The van der Waals surface area contributed by atoms with Crippen LogP contribution in [0, 0.1) is 0 Å². The van der Waals surface area contributed by atoms with E-state index in [0.29, 0.717) is 17.0 Å². The quantitative estimate of drug-likeness (QED) is 0.0121. The summed E-state index contributed by atoms with van der Waals surface area (Å²) in [5, 5.41) is 28.2. The number of amides is 1. The van der Waals surface area contributed by atoms with Crippen molar-refractivity contribution in [2.45, 2.75) is 73.7 Å². The molecule has 6 rings (SSSR count). The van der Waals surface area contributed by atoms with E-state index >= 15 is 0 Å². The fourth-order valence-electron chi connectivity index (χ4n) is 7.34. The molecule has 0 aliphatic carbocycles. The maximum atomic E-state index is 13.0. The van der Waals surface area contributed by atoms with Crippen molar-refractivity contribution in [2.75, 3.05) is 21.3 Å². The molecule has 442 valence electrons. The fraction of sp³-hybridized carbons (Fsp3) is 0.200. The molecule has 0 saturated heterocycles. The van der Waals surface area contributed by atoms with Gasteiger partial charge in [0.1, 0.15) is 41.8 Å². The van der Waals surface area contributed by atoms with Gasteiger partial charge in [-0.15, -0.1) is 21.8 Å². The number of nitrogens with two attached hydrogens (primary N) is 1. The lowest BCUT2D eigenvalue weighted by Crippen LogP contribution is -2.42. The van der Waals surface area contributed by atoms with Crippen LogP contribution in [-0.2, 0) is 86.1 Å². The number of phenolic OH excluding ortho intramolecular Hbond substituents is 1. The Morgan fingerprint density at radius 2 is 1.21 bits per heavy atom. The highest BCUT2D eigenvalue weighted by Crippen LogP contribution is 2.48. The molecule has 82 heavy (non-hydrogen) atoms. The first-order chi connectivity index (χ1) is 37.7. The molecule has 1 amide bonds. The SMILES string of the molecule is CCC(N(C=O)c1ccc(S(=O)(=O)O)c(CN=Nc2c(S(=O)(=O)O)cc3cc(S(=O)(=O)O)c(/N=N/c4cc(Nc5nc(Cl)nc(Nc6ccc(S(=O)(=O)C(C)OS(=O)(=O)O)cc6)n5)ccc4S(=O)(=O)O)c(O)c3c2N)c1)S(=O)(=O)C(C)Cl. The number of rotatable bonds is 23. The van der Waals surface area contributed by atoms with E-state index < -0.39 is 173 Å². The number of carbonyl (C=O) groups excluding carboxylic acids is 1. The lowest BCUT2D eigenvalue weighted by molar-refractivity contribution is -0.107. The van der Waals surface area contributed by atoms with Gasteiger partial charge >= 0.3 is 10.4 Å². The van der Waals surface area contributed by atoms with E-state index in [2.05, 4.69) is 50.2 Å². The fourth-order valence-corrected chi connectivity index (χ4v) is 13.8. The van der Waals surface area contributed by atoms with Crippen LogP contribution in [0.2, 0.25) is 5.28 Å². The summed E-state index contributed by atoms with van der Waals surface area (Å²) in [5.41, 5.74) is -0.726. The number of halogens is 2. The van der Waals surface area contributed by atoms with E-state index in [-0.39, 0.29) is 35.8 Å². The molecule has 10 N–H and O–H groups in total. The number of aromatic hydroxyl groups is 1. The number of carbonyl (C=O) groups is 1. The number of nitrogens with zero attached hydrogens (tertiary/aromatic N) is 8. The van der Waals surface area contributed by atoms with Gasteiger partial charge < -0.3 is 21.5 Å². The zero-order valence-corrected chi connectivity index (χ0v) is 48.4. The van der Waals surface area contributed by atoms with Crippen LogP contribution in [0.25, 0.3) is 10.8 Å². The van der Waals surface area contributed by atoms with Crippen molar-refractivity contribution in [1.82, 2.24) is 15.0 Å². The molecule has 0 radical (unpaired) electrons. The highest BCUT2D eigenvalue weighted by Gasteiger charge is 2.35. The molecule has 6 aromatic rings. The summed E-state index contributed by atoms with van der Waals surface area (Å²) in [6.45, 7) is 2.41. The number of benzene rings is 5. The standard InChI is InChI=1S/C40H39Cl2N11O22S7/c1-4-32(76(56,57)19(2)41)53(18-54)25-8-12-28(78(60,61)62)22(13-25)17-44-51-35-30(80(66,67)68)14-21-15-31(81(69,70)71)36(37(55)33(21)34(35)43)52-50-27-16-24(7-11-29(27)79(63,64)65)46-40-48-38(42)47-39(49-40)45-23-5-9-26(10-6-23)77(58,59)20(3)75-82(72,73)74/h5-16,18-20,32,55H,4,17,43H2,1-3H3,(H,60,61,62)(H,63,64,65)(H,66,67,68)(H,69,70,71)(H,72,73,74)(H2,45,46,47,48,49)/b51-44?,52-50+. The molecule has 1 aromatic heterocycles. The van der Waals surface area contributed by atoms with Gasteiger partial charge in [-0.1, -0.05) is 6.92 Å². The molecule has 1 heterocycles. The van der Waals surface area contributed by atoms with Crippen LogP contribution in [0.1, 0.15) is 32.8 Å². The smallest absolute Gasteiger partial charge is 0.398 e. The summed E-state index contributed by atoms with van der Waals surface area (Å²) in [6.07, 6.45) is -0.122. The summed E-state index contributed by atoms with van der Waals surface area (Å²) in [7, 11) is -35.3. The maximum absolute atomic E-state index is 13.0. The molecule has 3 unspecified atom stereocenters. The average Bonchev–Trinajstić information content (AvgIpc) is 3.33. The molecule has 0 aliphatic heterocycles. The molecule has 0 aliphatic rings. The molecule has 33 nitrogen and oxygen atoms in total. The first kappa shape index (κ1) is 64.4. The van der Waals surface area contributed by atoms with Gasteiger partial charge in [-0.05, 0) is 116 Å². The van der Waals surface area contributed by atoms with Crippen molar-refractivity contribution in [3.05, 3.63) is 83.6 Å². The van der Waals surface area contributed by atoms with Gasteiger partial charge in [-0.2, -0.15) is 67.3 Å². The zero-order valence-electron chi connectivity index (χ0n) is 41.1. The Balaban J connectivity index is 1.41. The topological polar surface area (TPSA) is 528 Å². The first-order valence-corrected chi connectivity index (χ1v) is 32.9. The van der Waals surface area contributed by atoms with E-state index in [0.717, 1.165) is 62.4 Å². The number of hydrogen-bond donors (Lipinski definition) is 9. The Morgan fingerprint density at radius 1 is 0.683 bits per heavy atom. The Kier molecular flexibility index (Phi) is 18.7. The van der Waals surface area contributed by atoms with Gasteiger partial charge in [0, 0.05) is 17.1 Å². The van der Waals surface area contributed by atoms with Crippen LogP contribution < -0.4 is 21.3 Å². The number of aromatic nitrogens is 3. The summed E-state index contributed by atoms with van der Waals surface area (Å²) in [4.78, 5) is 19.9. The number of fused-ring (bicyclic) bond motifs is 1. The van der Waals surface area contributed by atoms with E-state index in [9.17, 15) is 87.0 Å². The number of hydrogen-bond acceptors (Lipinski definition) is 27.